The maximum absolute atomic E-state index is 5.90. The minimum Gasteiger partial charge on any atom is -0.384 e. The largest absolute Gasteiger partial charge is 0.384 e. The van der Waals surface area contributed by atoms with Crippen LogP contribution in [0.1, 0.15) is 29.9 Å². The topological polar surface area (TPSA) is 70.3 Å². The Hall–Kier alpha value is -1.20. The fourth-order valence-corrected chi connectivity index (χ4v) is 1.82. The molecule has 16 heavy (non-hydrogen) atoms. The predicted octanol–water partition coefficient (Wildman–Crippen LogP) is 0.881. The van der Waals surface area contributed by atoms with Gasteiger partial charge in [0.15, 0.2) is 0 Å². The van der Waals surface area contributed by atoms with Crippen molar-refractivity contribution >= 4 is 5.82 Å². The Bertz CT molecular complexity index is 382. The molecule has 0 saturated heterocycles. The molecule has 0 aromatic carbocycles. The number of anilines is 1. The summed E-state index contributed by atoms with van der Waals surface area (Å²) in [7, 11) is 1.67. The molecule has 2 rings (SSSR count). The summed E-state index contributed by atoms with van der Waals surface area (Å²) in [5, 5.41) is 0. The lowest BCUT2D eigenvalue weighted by molar-refractivity contribution is 0.109. The molecule has 5 nitrogen and oxygen atoms in total. The van der Waals surface area contributed by atoms with Gasteiger partial charge in [0, 0.05) is 25.0 Å². The second-order valence-electron chi connectivity index (χ2n) is 4.05. The first-order chi connectivity index (χ1) is 7.72. The molecule has 0 amide bonds. The number of nitrogens with two attached hydrogens (primary N) is 1. The number of nitrogens with zero attached hydrogens (tertiary/aromatic N) is 2. The van der Waals surface area contributed by atoms with E-state index in [0.717, 1.165) is 23.5 Å². The number of rotatable bonds is 3. The zero-order valence-corrected chi connectivity index (χ0v) is 9.69. The molecule has 0 aliphatic carbocycles. The lowest BCUT2D eigenvalue weighted by Crippen LogP contribution is -2.19. The number of hydrogen-bond acceptors (Lipinski definition) is 5. The molecule has 88 valence electrons. The fourth-order valence-electron chi connectivity index (χ4n) is 1.82. The zero-order valence-electron chi connectivity index (χ0n) is 9.69. The number of methoxy groups -OCH3 is 1. The highest BCUT2D eigenvalue weighted by Gasteiger charge is 2.18. The summed E-state index contributed by atoms with van der Waals surface area (Å²) in [6.45, 7) is 3.88. The molecular formula is C11H17N3O2. The van der Waals surface area contributed by atoms with Gasteiger partial charge in [0.2, 0.25) is 0 Å². The third-order valence-corrected chi connectivity index (χ3v) is 2.73. The van der Waals surface area contributed by atoms with E-state index in [9.17, 15) is 0 Å². The van der Waals surface area contributed by atoms with Crippen LogP contribution in [0.25, 0.3) is 0 Å². The lowest BCUT2D eigenvalue weighted by atomic mass is 10.1. The van der Waals surface area contributed by atoms with Gasteiger partial charge in [-0.1, -0.05) is 6.92 Å². The molecule has 1 aromatic rings. The predicted molar refractivity (Wildman–Crippen MR) is 60.1 cm³/mol. The van der Waals surface area contributed by atoms with Crippen LogP contribution in [0.4, 0.5) is 5.82 Å². The molecule has 0 radical (unpaired) electrons. The van der Waals surface area contributed by atoms with Crippen LogP contribution >= 0.6 is 0 Å². The molecule has 0 fully saturated rings. The molecule has 0 saturated carbocycles. The van der Waals surface area contributed by atoms with Crippen molar-refractivity contribution in [2.24, 2.45) is 0 Å². The van der Waals surface area contributed by atoms with Gasteiger partial charge in [0.05, 0.1) is 25.5 Å². The van der Waals surface area contributed by atoms with Crippen molar-refractivity contribution in [2.45, 2.75) is 25.9 Å². The van der Waals surface area contributed by atoms with Crippen LogP contribution in [0, 0.1) is 0 Å². The molecular weight excluding hydrogens is 206 g/mol. The number of aromatic nitrogens is 2. The van der Waals surface area contributed by atoms with Crippen LogP contribution in [0.2, 0.25) is 0 Å². The van der Waals surface area contributed by atoms with Gasteiger partial charge in [-0.3, -0.25) is 0 Å². The molecule has 2 heterocycles. The first-order valence-electron chi connectivity index (χ1n) is 5.44. The van der Waals surface area contributed by atoms with Gasteiger partial charge >= 0.3 is 0 Å². The van der Waals surface area contributed by atoms with E-state index < -0.39 is 0 Å². The first-order valence-corrected chi connectivity index (χ1v) is 5.44. The van der Waals surface area contributed by atoms with Crippen LogP contribution in [0.15, 0.2) is 0 Å². The number of ether oxygens (including phenoxy) is 2. The minimum absolute atomic E-state index is 0.167. The van der Waals surface area contributed by atoms with Gasteiger partial charge in [-0.2, -0.15) is 0 Å². The summed E-state index contributed by atoms with van der Waals surface area (Å²) in [4.78, 5) is 8.85. The highest BCUT2D eigenvalue weighted by atomic mass is 16.5. The highest BCUT2D eigenvalue weighted by molar-refractivity contribution is 5.43. The van der Waals surface area contributed by atoms with E-state index in [1.165, 1.54) is 0 Å². The molecule has 1 aromatic heterocycles. The van der Waals surface area contributed by atoms with E-state index in [2.05, 4.69) is 9.97 Å². The summed E-state index contributed by atoms with van der Waals surface area (Å²) in [5.74, 6) is 1.48. The Labute approximate surface area is 95.0 Å². The van der Waals surface area contributed by atoms with E-state index in [1.54, 1.807) is 7.11 Å². The van der Waals surface area contributed by atoms with Crippen LogP contribution in [0.5, 0.6) is 0 Å². The second kappa shape index (κ2) is 4.76. The van der Waals surface area contributed by atoms with Crippen molar-refractivity contribution < 1.29 is 9.47 Å². The summed E-state index contributed by atoms with van der Waals surface area (Å²) >= 11 is 0. The number of hydrogen-bond donors (Lipinski definition) is 1. The molecule has 1 atom stereocenters. The minimum atomic E-state index is 0.167. The summed E-state index contributed by atoms with van der Waals surface area (Å²) in [5.41, 5.74) is 7.87. The van der Waals surface area contributed by atoms with E-state index in [1.807, 2.05) is 6.92 Å². The Morgan fingerprint density at radius 2 is 2.31 bits per heavy atom. The fraction of sp³-hybridized carbons (Fsp3) is 0.636. The number of nitrogen functional groups attached to an aromatic ring is 1. The zero-order chi connectivity index (χ0) is 11.5. The van der Waals surface area contributed by atoms with Crippen molar-refractivity contribution in [3.05, 3.63) is 17.1 Å². The molecule has 2 N–H and O–H groups in total. The van der Waals surface area contributed by atoms with E-state index in [4.69, 9.17) is 15.2 Å². The first kappa shape index (κ1) is 11.3. The quantitative estimate of drug-likeness (QED) is 0.823. The second-order valence-corrected chi connectivity index (χ2v) is 4.05. The standard InChI is InChI=1S/C11H17N3O2/c1-7(5-15-2)11-13-9-3-4-16-6-8(9)10(12)14-11/h7H,3-6H2,1-2H3,(H2,12,13,14). The van der Waals surface area contributed by atoms with Gasteiger partial charge in [-0.05, 0) is 0 Å². The average molecular weight is 223 g/mol. The van der Waals surface area contributed by atoms with Gasteiger partial charge in [0.1, 0.15) is 11.6 Å². The molecule has 1 aliphatic rings. The van der Waals surface area contributed by atoms with Crippen molar-refractivity contribution in [3.63, 3.8) is 0 Å². The maximum atomic E-state index is 5.90. The maximum Gasteiger partial charge on any atom is 0.136 e. The Kier molecular flexibility index (Phi) is 3.36. The monoisotopic (exact) mass is 223 g/mol. The molecule has 1 aliphatic heterocycles. The molecule has 5 heteroatoms. The average Bonchev–Trinajstić information content (AvgIpc) is 2.29. The van der Waals surface area contributed by atoms with Crippen molar-refractivity contribution in [3.8, 4) is 0 Å². The van der Waals surface area contributed by atoms with Crippen LogP contribution in [-0.4, -0.2) is 30.3 Å². The van der Waals surface area contributed by atoms with Gasteiger partial charge in [0.25, 0.3) is 0 Å². The van der Waals surface area contributed by atoms with Crippen molar-refractivity contribution in [1.29, 1.82) is 0 Å². The Balaban J connectivity index is 2.31. The van der Waals surface area contributed by atoms with Crippen LogP contribution < -0.4 is 5.73 Å². The number of fused-ring (bicyclic) bond motifs is 1. The summed E-state index contributed by atoms with van der Waals surface area (Å²) in [6.07, 6.45) is 0.814. The van der Waals surface area contributed by atoms with E-state index in [0.29, 0.717) is 25.6 Å². The SMILES string of the molecule is COCC(C)c1nc(N)c2c(n1)CCOC2. The molecule has 1 unspecified atom stereocenters. The van der Waals surface area contributed by atoms with E-state index >= 15 is 0 Å². The van der Waals surface area contributed by atoms with Crippen molar-refractivity contribution in [1.82, 2.24) is 9.97 Å². The third-order valence-electron chi connectivity index (χ3n) is 2.73. The van der Waals surface area contributed by atoms with Crippen LogP contribution in [-0.2, 0) is 22.5 Å². The van der Waals surface area contributed by atoms with Gasteiger partial charge in [-0.25, -0.2) is 9.97 Å². The van der Waals surface area contributed by atoms with E-state index in [-0.39, 0.29) is 5.92 Å². The molecule has 0 spiro atoms. The van der Waals surface area contributed by atoms with Gasteiger partial charge < -0.3 is 15.2 Å². The van der Waals surface area contributed by atoms with Crippen molar-refractivity contribution in [2.75, 3.05) is 26.1 Å². The Morgan fingerprint density at radius 3 is 3.06 bits per heavy atom. The summed E-state index contributed by atoms with van der Waals surface area (Å²) < 4.78 is 10.4. The highest BCUT2D eigenvalue weighted by Crippen LogP contribution is 2.22. The lowest BCUT2D eigenvalue weighted by Gasteiger charge is -2.19. The van der Waals surface area contributed by atoms with Crippen LogP contribution in [0.3, 0.4) is 0 Å². The Morgan fingerprint density at radius 1 is 1.50 bits per heavy atom. The molecule has 0 bridgehead atoms. The van der Waals surface area contributed by atoms with Gasteiger partial charge in [-0.15, -0.1) is 0 Å². The normalized spacial score (nSPS) is 16.9. The third kappa shape index (κ3) is 2.15. The smallest absolute Gasteiger partial charge is 0.136 e. The summed E-state index contributed by atoms with van der Waals surface area (Å²) in [6, 6.07) is 0.